The third kappa shape index (κ3) is 5.82. The molecule has 2 aromatic rings. The van der Waals surface area contributed by atoms with Gasteiger partial charge in [-0.3, -0.25) is 0 Å². The summed E-state index contributed by atoms with van der Waals surface area (Å²) in [6.07, 6.45) is 9.42. The Kier molecular flexibility index (Phi) is 8.11. The van der Waals surface area contributed by atoms with Gasteiger partial charge < -0.3 is 25.7 Å². The fourth-order valence-corrected chi connectivity index (χ4v) is 4.31. The van der Waals surface area contributed by atoms with E-state index >= 15 is 0 Å². The number of halogens is 1. The quantitative estimate of drug-likeness (QED) is 0.491. The highest BCUT2D eigenvalue weighted by molar-refractivity contribution is 9.10. The second-order valence-corrected chi connectivity index (χ2v) is 8.32. The molecule has 1 aliphatic carbocycles. The molecule has 2 amide bonds. The lowest BCUT2D eigenvalue weighted by Gasteiger charge is -2.22. The van der Waals surface area contributed by atoms with Gasteiger partial charge in [-0.05, 0) is 35.2 Å². The molecule has 0 spiro atoms. The number of nitrogens with one attached hydrogen (secondary N) is 2. The van der Waals surface area contributed by atoms with Gasteiger partial charge in [0.1, 0.15) is 11.3 Å². The van der Waals surface area contributed by atoms with Crippen LogP contribution in [0.2, 0.25) is 0 Å². The van der Waals surface area contributed by atoms with Crippen LogP contribution in [0.5, 0.6) is 0 Å². The lowest BCUT2D eigenvalue weighted by Crippen LogP contribution is -2.43. The molecule has 1 aliphatic rings. The molecule has 4 N–H and O–H groups in total. The first-order chi connectivity index (χ1) is 14.1. The molecule has 0 bridgehead atoms. The summed E-state index contributed by atoms with van der Waals surface area (Å²) >= 11 is 3.56. The summed E-state index contributed by atoms with van der Waals surface area (Å²) in [5.41, 5.74) is 7.69. The summed E-state index contributed by atoms with van der Waals surface area (Å²) in [7, 11) is 0. The number of aryl methyl sites for hydroxylation is 1. The van der Waals surface area contributed by atoms with Crippen molar-refractivity contribution in [3.05, 3.63) is 16.5 Å². The topological polar surface area (TPSA) is 107 Å². The molecule has 1 fully saturated rings. The first-order valence-electron chi connectivity index (χ1n) is 10.5. The monoisotopic (exact) mass is 466 g/mol. The van der Waals surface area contributed by atoms with Crippen molar-refractivity contribution in [2.24, 2.45) is 0 Å². The van der Waals surface area contributed by atoms with Gasteiger partial charge >= 0.3 is 6.03 Å². The van der Waals surface area contributed by atoms with E-state index in [1.54, 1.807) is 6.20 Å². The maximum absolute atomic E-state index is 11.9. The number of carbonyl (C=O) groups excluding carboxylic acids is 1. The van der Waals surface area contributed by atoms with Crippen LogP contribution in [0.3, 0.4) is 0 Å². The van der Waals surface area contributed by atoms with Crippen molar-refractivity contribution in [3.8, 4) is 0 Å². The Balaban J connectivity index is 1.45. The van der Waals surface area contributed by atoms with Crippen LogP contribution in [0.15, 0.2) is 10.7 Å². The van der Waals surface area contributed by atoms with Crippen LogP contribution < -0.4 is 16.4 Å². The van der Waals surface area contributed by atoms with Crippen LogP contribution in [-0.2, 0) is 17.7 Å². The van der Waals surface area contributed by atoms with Gasteiger partial charge in [0.05, 0.1) is 23.2 Å². The van der Waals surface area contributed by atoms with Crippen molar-refractivity contribution in [2.45, 2.75) is 64.5 Å². The Morgan fingerprint density at radius 1 is 1.34 bits per heavy atom. The number of imidazole rings is 1. The number of pyridine rings is 1. The minimum atomic E-state index is -0.0989. The molecular formula is C20H31BrN6O2. The minimum Gasteiger partial charge on any atom is -0.382 e. The van der Waals surface area contributed by atoms with Crippen LogP contribution in [-0.4, -0.2) is 46.4 Å². The van der Waals surface area contributed by atoms with Crippen molar-refractivity contribution in [1.82, 2.24) is 25.2 Å². The molecule has 2 heterocycles. The Labute approximate surface area is 180 Å². The number of nitrogens with zero attached hydrogens (tertiary/aromatic N) is 3. The number of amides is 2. The summed E-state index contributed by atoms with van der Waals surface area (Å²) in [6, 6.07) is 0.217. The van der Waals surface area contributed by atoms with Crippen LogP contribution >= 0.6 is 15.9 Å². The summed E-state index contributed by atoms with van der Waals surface area (Å²) < 4.78 is 8.76. The number of nitrogen functional groups attached to an aromatic ring is 1. The third-order valence-electron chi connectivity index (χ3n) is 5.24. The van der Waals surface area contributed by atoms with E-state index < -0.39 is 0 Å². The van der Waals surface area contributed by atoms with Crippen molar-refractivity contribution in [2.75, 3.05) is 25.5 Å². The number of ether oxygens (including phenoxy) is 1. The van der Waals surface area contributed by atoms with E-state index in [4.69, 9.17) is 10.5 Å². The second-order valence-electron chi connectivity index (χ2n) is 7.47. The largest absolute Gasteiger partial charge is 0.382 e. The number of carbonyl (C=O) groups is 1. The average molecular weight is 467 g/mol. The minimum absolute atomic E-state index is 0.0989. The highest BCUT2D eigenvalue weighted by atomic mass is 79.9. The SMILES string of the molecule is CCCc1nc2c(N)ncc(Br)c2n1CCOCCNC(=O)NC1CCCCC1. The molecule has 29 heavy (non-hydrogen) atoms. The Bertz CT molecular complexity index is 819. The zero-order chi connectivity index (χ0) is 20.6. The van der Waals surface area contributed by atoms with Gasteiger partial charge in [0.2, 0.25) is 0 Å². The molecule has 0 unspecified atom stereocenters. The van der Waals surface area contributed by atoms with E-state index in [2.05, 4.69) is 48.0 Å². The fraction of sp³-hybridized carbons (Fsp3) is 0.650. The van der Waals surface area contributed by atoms with Crippen LogP contribution in [0.4, 0.5) is 10.6 Å². The molecule has 160 valence electrons. The zero-order valence-electron chi connectivity index (χ0n) is 17.0. The van der Waals surface area contributed by atoms with Crippen molar-refractivity contribution < 1.29 is 9.53 Å². The summed E-state index contributed by atoms with van der Waals surface area (Å²) in [5, 5.41) is 5.92. The second kappa shape index (κ2) is 10.8. The number of hydrogen-bond acceptors (Lipinski definition) is 5. The number of aromatic nitrogens is 3. The standard InChI is InChI=1S/C20H31BrN6O2/c1-2-6-16-26-17-18(15(21)13-24-19(17)22)27(16)10-12-29-11-9-23-20(28)25-14-7-4-3-5-8-14/h13-14H,2-12H2,1H3,(H2,22,24)(H2,23,25,28). The molecule has 1 saturated carbocycles. The van der Waals surface area contributed by atoms with E-state index in [0.29, 0.717) is 38.2 Å². The highest BCUT2D eigenvalue weighted by Gasteiger charge is 2.16. The average Bonchev–Trinajstić information content (AvgIpc) is 3.08. The van der Waals surface area contributed by atoms with Crippen LogP contribution in [0, 0.1) is 0 Å². The summed E-state index contributed by atoms with van der Waals surface area (Å²) in [4.78, 5) is 20.8. The van der Waals surface area contributed by atoms with Gasteiger partial charge in [-0.2, -0.15) is 0 Å². The number of anilines is 1. The molecule has 0 aromatic carbocycles. The fourth-order valence-electron chi connectivity index (χ4n) is 3.80. The molecule has 0 radical (unpaired) electrons. The van der Waals surface area contributed by atoms with Crippen molar-refractivity contribution in [1.29, 1.82) is 0 Å². The lowest BCUT2D eigenvalue weighted by molar-refractivity contribution is 0.128. The molecule has 0 saturated heterocycles. The van der Waals surface area contributed by atoms with Gasteiger partial charge in [-0.1, -0.05) is 26.2 Å². The lowest BCUT2D eigenvalue weighted by atomic mass is 9.96. The summed E-state index contributed by atoms with van der Waals surface area (Å²) in [6.45, 7) is 4.29. The molecule has 0 atom stereocenters. The number of urea groups is 1. The van der Waals surface area contributed by atoms with Gasteiger partial charge in [0, 0.05) is 31.7 Å². The number of hydrogen-bond donors (Lipinski definition) is 3. The molecule has 2 aromatic heterocycles. The first kappa shape index (κ1) is 21.8. The molecule has 9 heteroatoms. The van der Waals surface area contributed by atoms with E-state index in [-0.39, 0.29) is 6.03 Å². The molecule has 3 rings (SSSR count). The summed E-state index contributed by atoms with van der Waals surface area (Å²) in [5.74, 6) is 1.42. The molecule has 8 nitrogen and oxygen atoms in total. The third-order valence-corrected chi connectivity index (χ3v) is 5.82. The predicted molar refractivity (Wildman–Crippen MR) is 118 cm³/mol. The maximum atomic E-state index is 11.9. The van der Waals surface area contributed by atoms with E-state index in [1.807, 2.05) is 0 Å². The van der Waals surface area contributed by atoms with Crippen molar-refractivity contribution in [3.63, 3.8) is 0 Å². The van der Waals surface area contributed by atoms with Crippen LogP contribution in [0.1, 0.15) is 51.3 Å². The van der Waals surface area contributed by atoms with Gasteiger partial charge in [0.15, 0.2) is 5.82 Å². The molecular weight excluding hydrogens is 436 g/mol. The zero-order valence-corrected chi connectivity index (χ0v) is 18.6. The Hall–Kier alpha value is -1.87. The van der Waals surface area contributed by atoms with Crippen LogP contribution in [0.25, 0.3) is 11.0 Å². The number of nitrogens with two attached hydrogens (primary N) is 1. The smallest absolute Gasteiger partial charge is 0.315 e. The van der Waals surface area contributed by atoms with E-state index in [9.17, 15) is 4.79 Å². The maximum Gasteiger partial charge on any atom is 0.315 e. The van der Waals surface area contributed by atoms with Gasteiger partial charge in [-0.15, -0.1) is 0 Å². The van der Waals surface area contributed by atoms with Gasteiger partial charge in [-0.25, -0.2) is 14.8 Å². The Morgan fingerprint density at radius 2 is 2.14 bits per heavy atom. The van der Waals surface area contributed by atoms with Gasteiger partial charge in [0.25, 0.3) is 0 Å². The highest BCUT2D eigenvalue weighted by Crippen LogP contribution is 2.28. The first-order valence-corrected chi connectivity index (χ1v) is 11.3. The number of fused-ring (bicyclic) bond motifs is 1. The predicted octanol–water partition coefficient (Wildman–Crippen LogP) is 3.38. The molecule has 0 aliphatic heterocycles. The Morgan fingerprint density at radius 3 is 2.90 bits per heavy atom. The van der Waals surface area contributed by atoms with Crippen molar-refractivity contribution >= 4 is 38.8 Å². The normalized spacial score (nSPS) is 15.0. The van der Waals surface area contributed by atoms with E-state index in [0.717, 1.165) is 47.0 Å². The van der Waals surface area contributed by atoms with E-state index in [1.165, 1.54) is 19.3 Å². The number of rotatable bonds is 9.